The monoisotopic (exact) mass is 285 g/mol. The van der Waals surface area contributed by atoms with Gasteiger partial charge in [0.05, 0.1) is 0 Å². The lowest BCUT2D eigenvalue weighted by Gasteiger charge is -2.31. The van der Waals surface area contributed by atoms with Gasteiger partial charge in [0.2, 0.25) is 0 Å². The van der Waals surface area contributed by atoms with Crippen LogP contribution in [-0.2, 0) is 0 Å². The highest BCUT2D eigenvalue weighted by Gasteiger charge is 2.17. The maximum atomic E-state index is 12.0. The number of anilines is 1. The van der Waals surface area contributed by atoms with Gasteiger partial charge in [-0.15, -0.1) is 0 Å². The molecular weight excluding hydrogens is 262 g/mol. The highest BCUT2D eigenvalue weighted by Crippen LogP contribution is 2.18. The van der Waals surface area contributed by atoms with Gasteiger partial charge < -0.3 is 15.2 Å². The predicted molar refractivity (Wildman–Crippen MR) is 87.9 cm³/mol. The van der Waals surface area contributed by atoms with Gasteiger partial charge >= 0.3 is 0 Å². The number of aromatic nitrogens is 1. The summed E-state index contributed by atoms with van der Waals surface area (Å²) in [6.45, 7) is 6.69. The molecule has 4 nitrogen and oxygen atoms in total. The van der Waals surface area contributed by atoms with E-state index in [1.54, 1.807) is 0 Å². The van der Waals surface area contributed by atoms with Gasteiger partial charge in [0, 0.05) is 11.9 Å². The van der Waals surface area contributed by atoms with Gasteiger partial charge in [-0.1, -0.05) is 25.1 Å². The second-order valence-corrected chi connectivity index (χ2v) is 5.86. The summed E-state index contributed by atoms with van der Waals surface area (Å²) in [6.07, 6.45) is 2.47. The molecule has 0 amide bonds. The standard InChI is InChI=1S/C17H23N3O/c1-2-20-9-7-13(8-10-20)12-18-16-11-14-5-3-4-6-15(14)17(21)19-16/h3-6,11,13H,2,7-10,12H2,1H3,(H2,18,19,21). The molecule has 0 radical (unpaired) electrons. The lowest BCUT2D eigenvalue weighted by Crippen LogP contribution is -2.35. The molecule has 1 fully saturated rings. The smallest absolute Gasteiger partial charge is 0.257 e. The Labute approximate surface area is 125 Å². The molecule has 1 aliphatic heterocycles. The zero-order valence-electron chi connectivity index (χ0n) is 12.6. The van der Waals surface area contributed by atoms with Crippen LogP contribution in [0.25, 0.3) is 10.8 Å². The first-order valence-corrected chi connectivity index (χ1v) is 7.84. The summed E-state index contributed by atoms with van der Waals surface area (Å²) in [5, 5.41) is 5.15. The summed E-state index contributed by atoms with van der Waals surface area (Å²) in [4.78, 5) is 17.5. The van der Waals surface area contributed by atoms with Crippen LogP contribution in [0.2, 0.25) is 0 Å². The second-order valence-electron chi connectivity index (χ2n) is 5.86. The second kappa shape index (κ2) is 6.31. The minimum absolute atomic E-state index is 0.0172. The predicted octanol–water partition coefficient (Wildman–Crippen LogP) is 2.67. The first kappa shape index (κ1) is 14.1. The molecule has 0 aliphatic carbocycles. The quantitative estimate of drug-likeness (QED) is 0.908. The van der Waals surface area contributed by atoms with Crippen molar-refractivity contribution < 1.29 is 0 Å². The van der Waals surface area contributed by atoms with E-state index in [1.165, 1.54) is 25.9 Å². The first-order chi connectivity index (χ1) is 10.3. The Balaban J connectivity index is 1.65. The number of pyridine rings is 1. The summed E-state index contributed by atoms with van der Waals surface area (Å²) in [5.41, 5.74) is -0.0172. The molecule has 1 aromatic carbocycles. The van der Waals surface area contributed by atoms with Crippen molar-refractivity contribution in [2.24, 2.45) is 5.92 Å². The molecule has 1 aliphatic rings. The molecule has 2 N–H and O–H groups in total. The zero-order valence-corrected chi connectivity index (χ0v) is 12.6. The number of hydrogen-bond acceptors (Lipinski definition) is 3. The van der Waals surface area contributed by atoms with Crippen molar-refractivity contribution in [2.45, 2.75) is 19.8 Å². The van der Waals surface area contributed by atoms with Gasteiger partial charge in [-0.2, -0.15) is 0 Å². The summed E-state index contributed by atoms with van der Waals surface area (Å²) in [6, 6.07) is 9.73. The third-order valence-electron chi connectivity index (χ3n) is 4.49. The van der Waals surface area contributed by atoms with Gasteiger partial charge in [0.1, 0.15) is 5.82 Å². The van der Waals surface area contributed by atoms with E-state index in [4.69, 9.17) is 0 Å². The Morgan fingerprint density at radius 1 is 1.29 bits per heavy atom. The number of H-pyrrole nitrogens is 1. The van der Waals surface area contributed by atoms with E-state index >= 15 is 0 Å². The van der Waals surface area contributed by atoms with Crippen molar-refractivity contribution in [3.8, 4) is 0 Å². The molecule has 0 unspecified atom stereocenters. The van der Waals surface area contributed by atoms with Crippen LogP contribution in [0.5, 0.6) is 0 Å². The Morgan fingerprint density at radius 3 is 2.81 bits per heavy atom. The van der Waals surface area contributed by atoms with Crippen LogP contribution < -0.4 is 10.9 Å². The van der Waals surface area contributed by atoms with Gasteiger partial charge in [-0.3, -0.25) is 4.79 Å². The molecule has 0 bridgehead atoms. The zero-order chi connectivity index (χ0) is 14.7. The van der Waals surface area contributed by atoms with E-state index in [1.807, 2.05) is 30.3 Å². The Hall–Kier alpha value is -1.81. The van der Waals surface area contributed by atoms with E-state index in [2.05, 4.69) is 22.1 Å². The van der Waals surface area contributed by atoms with Crippen LogP contribution in [0.3, 0.4) is 0 Å². The topological polar surface area (TPSA) is 48.1 Å². The number of piperidine rings is 1. The molecule has 2 aromatic rings. The summed E-state index contributed by atoms with van der Waals surface area (Å²) < 4.78 is 0. The number of hydrogen-bond donors (Lipinski definition) is 2. The molecule has 0 saturated carbocycles. The summed E-state index contributed by atoms with van der Waals surface area (Å²) >= 11 is 0. The SMILES string of the molecule is CCN1CCC(CNc2cc3ccccc3c(=O)[nH]2)CC1. The lowest BCUT2D eigenvalue weighted by atomic mass is 9.97. The van der Waals surface area contributed by atoms with Crippen LogP contribution in [0, 0.1) is 5.92 Å². The van der Waals surface area contributed by atoms with Crippen LogP contribution >= 0.6 is 0 Å². The number of nitrogens with one attached hydrogen (secondary N) is 2. The summed E-state index contributed by atoms with van der Waals surface area (Å²) in [5.74, 6) is 1.53. The van der Waals surface area contributed by atoms with Gasteiger partial charge in [0.25, 0.3) is 5.56 Å². The fraction of sp³-hybridized carbons (Fsp3) is 0.471. The number of fused-ring (bicyclic) bond motifs is 1. The van der Waals surface area contributed by atoms with Gasteiger partial charge in [0.15, 0.2) is 0 Å². The van der Waals surface area contributed by atoms with Crippen molar-refractivity contribution >= 4 is 16.6 Å². The van der Waals surface area contributed by atoms with E-state index in [9.17, 15) is 4.79 Å². The Morgan fingerprint density at radius 2 is 2.05 bits per heavy atom. The molecule has 21 heavy (non-hydrogen) atoms. The van der Waals surface area contributed by atoms with Crippen molar-refractivity contribution in [3.63, 3.8) is 0 Å². The highest BCUT2D eigenvalue weighted by atomic mass is 16.1. The average molecular weight is 285 g/mol. The molecule has 0 atom stereocenters. The number of likely N-dealkylation sites (tertiary alicyclic amines) is 1. The largest absolute Gasteiger partial charge is 0.371 e. The number of rotatable bonds is 4. The molecule has 0 spiro atoms. The number of nitrogens with zero attached hydrogens (tertiary/aromatic N) is 1. The van der Waals surface area contributed by atoms with Gasteiger partial charge in [-0.05, 0) is 55.9 Å². The molecule has 3 rings (SSSR count). The van der Waals surface area contributed by atoms with Crippen LogP contribution in [0.4, 0.5) is 5.82 Å². The van der Waals surface area contributed by atoms with E-state index in [0.29, 0.717) is 5.92 Å². The lowest BCUT2D eigenvalue weighted by molar-refractivity contribution is 0.198. The molecule has 2 heterocycles. The van der Waals surface area contributed by atoms with Gasteiger partial charge in [-0.25, -0.2) is 0 Å². The van der Waals surface area contributed by atoms with E-state index in [0.717, 1.165) is 29.7 Å². The molecule has 112 valence electrons. The van der Waals surface area contributed by atoms with Crippen molar-refractivity contribution in [1.82, 2.24) is 9.88 Å². The number of benzene rings is 1. The minimum atomic E-state index is -0.0172. The van der Waals surface area contributed by atoms with Crippen LogP contribution in [0.1, 0.15) is 19.8 Å². The number of aromatic amines is 1. The molecule has 4 heteroatoms. The molecule has 1 saturated heterocycles. The molecule has 1 aromatic heterocycles. The van der Waals surface area contributed by atoms with Crippen molar-refractivity contribution in [2.75, 3.05) is 31.5 Å². The fourth-order valence-electron chi connectivity index (χ4n) is 3.07. The third-order valence-corrected chi connectivity index (χ3v) is 4.49. The Kier molecular flexibility index (Phi) is 4.25. The highest BCUT2D eigenvalue weighted by molar-refractivity contribution is 5.83. The van der Waals surface area contributed by atoms with Crippen molar-refractivity contribution in [1.29, 1.82) is 0 Å². The van der Waals surface area contributed by atoms with E-state index in [-0.39, 0.29) is 5.56 Å². The summed E-state index contributed by atoms with van der Waals surface area (Å²) in [7, 11) is 0. The van der Waals surface area contributed by atoms with Crippen LogP contribution in [-0.4, -0.2) is 36.1 Å². The minimum Gasteiger partial charge on any atom is -0.371 e. The first-order valence-electron chi connectivity index (χ1n) is 7.84. The maximum Gasteiger partial charge on any atom is 0.257 e. The van der Waals surface area contributed by atoms with E-state index < -0.39 is 0 Å². The maximum absolute atomic E-state index is 12.0. The van der Waals surface area contributed by atoms with Crippen molar-refractivity contribution in [3.05, 3.63) is 40.7 Å². The average Bonchev–Trinajstić information content (AvgIpc) is 2.53. The normalized spacial score (nSPS) is 17.2. The Bertz CT molecular complexity index is 656. The fourth-order valence-corrected chi connectivity index (χ4v) is 3.07. The van der Waals surface area contributed by atoms with Crippen LogP contribution in [0.15, 0.2) is 35.1 Å². The third kappa shape index (κ3) is 3.27. The molecular formula is C17H23N3O.